The van der Waals surface area contributed by atoms with Gasteiger partial charge in [-0.3, -0.25) is 14.3 Å². The van der Waals surface area contributed by atoms with Gasteiger partial charge in [-0.2, -0.15) is 0 Å². The summed E-state index contributed by atoms with van der Waals surface area (Å²) in [6.07, 6.45) is 2.46. The molecule has 0 atom stereocenters. The van der Waals surface area contributed by atoms with E-state index in [2.05, 4.69) is 10.0 Å². The molecule has 0 unspecified atom stereocenters. The quantitative estimate of drug-likeness (QED) is 0.802. The topological polar surface area (TPSA) is 95.6 Å². The molecule has 28 heavy (non-hydrogen) atoms. The van der Waals surface area contributed by atoms with Crippen LogP contribution in [-0.2, 0) is 10.0 Å². The summed E-state index contributed by atoms with van der Waals surface area (Å²) >= 11 is 0. The molecule has 0 aliphatic carbocycles. The van der Waals surface area contributed by atoms with E-state index in [0.29, 0.717) is 42.7 Å². The van der Waals surface area contributed by atoms with E-state index in [1.54, 1.807) is 36.4 Å². The molecule has 0 aromatic heterocycles. The first-order chi connectivity index (χ1) is 13.3. The Kier molecular flexibility index (Phi) is 5.99. The number of rotatable bonds is 5. The average molecular weight is 401 g/mol. The van der Waals surface area contributed by atoms with E-state index in [0.717, 1.165) is 6.26 Å². The molecule has 0 saturated carbocycles. The van der Waals surface area contributed by atoms with Crippen LogP contribution in [0.5, 0.6) is 0 Å². The fourth-order valence-electron chi connectivity index (χ4n) is 3.16. The Hall–Kier alpha value is -2.87. The molecule has 2 amide bonds. The van der Waals surface area contributed by atoms with E-state index < -0.39 is 10.0 Å². The summed E-state index contributed by atoms with van der Waals surface area (Å²) in [6.45, 7) is 1.19. The Morgan fingerprint density at radius 1 is 0.929 bits per heavy atom. The third-order valence-corrected chi connectivity index (χ3v) is 5.19. The van der Waals surface area contributed by atoms with E-state index >= 15 is 0 Å². The summed E-state index contributed by atoms with van der Waals surface area (Å²) in [7, 11) is -3.35. The third kappa shape index (κ3) is 5.32. The highest BCUT2D eigenvalue weighted by molar-refractivity contribution is 7.92. The van der Waals surface area contributed by atoms with Gasteiger partial charge in [-0.05, 0) is 49.2 Å². The number of carbonyl (C=O) groups excluding carboxylic acids is 2. The predicted molar refractivity (Wildman–Crippen MR) is 108 cm³/mol. The first kappa shape index (κ1) is 19.9. The Bertz CT molecular complexity index is 935. The fourth-order valence-corrected chi connectivity index (χ4v) is 3.73. The molecule has 1 saturated heterocycles. The van der Waals surface area contributed by atoms with E-state index in [1.165, 1.54) is 0 Å². The van der Waals surface area contributed by atoms with Crippen LogP contribution >= 0.6 is 0 Å². The highest BCUT2D eigenvalue weighted by Crippen LogP contribution is 2.16. The standard InChI is InChI=1S/C20H23N3O4S/c1-28(26,27)22-18-9-7-15(8-10-18)19(24)21-17-11-13-23(14-12-17)20(25)16-5-3-2-4-6-16/h2-10,17,22H,11-14H2,1H3,(H,21,24). The highest BCUT2D eigenvalue weighted by atomic mass is 32.2. The summed E-state index contributed by atoms with van der Waals surface area (Å²) in [6, 6.07) is 15.4. The molecule has 3 rings (SSSR count). The van der Waals surface area contributed by atoms with Gasteiger partial charge in [0.05, 0.1) is 6.26 Å². The molecule has 148 valence electrons. The molecule has 0 spiro atoms. The minimum Gasteiger partial charge on any atom is -0.349 e. The summed E-state index contributed by atoms with van der Waals surface area (Å²) in [5.74, 6) is -0.196. The van der Waals surface area contributed by atoms with Crippen molar-refractivity contribution in [3.63, 3.8) is 0 Å². The summed E-state index contributed by atoms with van der Waals surface area (Å²) in [4.78, 5) is 26.7. The normalized spacial score (nSPS) is 15.1. The van der Waals surface area contributed by atoms with Crippen molar-refractivity contribution in [2.45, 2.75) is 18.9 Å². The Balaban J connectivity index is 1.52. The van der Waals surface area contributed by atoms with Crippen molar-refractivity contribution >= 4 is 27.5 Å². The zero-order valence-electron chi connectivity index (χ0n) is 15.6. The number of likely N-dealkylation sites (tertiary alicyclic amines) is 1. The van der Waals surface area contributed by atoms with Crippen LogP contribution in [0.4, 0.5) is 5.69 Å². The van der Waals surface area contributed by atoms with Crippen molar-refractivity contribution in [2.75, 3.05) is 24.1 Å². The van der Waals surface area contributed by atoms with Gasteiger partial charge in [0.25, 0.3) is 11.8 Å². The van der Waals surface area contributed by atoms with Crippen LogP contribution < -0.4 is 10.0 Å². The smallest absolute Gasteiger partial charge is 0.253 e. The lowest BCUT2D eigenvalue weighted by atomic mass is 10.0. The van der Waals surface area contributed by atoms with Gasteiger partial charge in [0.2, 0.25) is 10.0 Å². The van der Waals surface area contributed by atoms with Crippen LogP contribution in [0.15, 0.2) is 54.6 Å². The molecule has 0 radical (unpaired) electrons. The Morgan fingerprint density at radius 2 is 1.54 bits per heavy atom. The van der Waals surface area contributed by atoms with Crippen molar-refractivity contribution in [3.05, 3.63) is 65.7 Å². The van der Waals surface area contributed by atoms with Gasteiger partial charge >= 0.3 is 0 Å². The maximum Gasteiger partial charge on any atom is 0.253 e. The molecule has 7 nitrogen and oxygen atoms in total. The molecule has 2 aromatic rings. The molecule has 0 bridgehead atoms. The zero-order chi connectivity index (χ0) is 20.1. The number of anilines is 1. The lowest BCUT2D eigenvalue weighted by molar-refractivity contribution is 0.0698. The summed E-state index contributed by atoms with van der Waals surface area (Å²) in [5.41, 5.74) is 1.54. The van der Waals surface area contributed by atoms with E-state index in [1.807, 2.05) is 23.1 Å². The number of sulfonamides is 1. The van der Waals surface area contributed by atoms with Crippen molar-refractivity contribution in [2.24, 2.45) is 0 Å². The minimum absolute atomic E-state index is 0.00106. The molecule has 1 fully saturated rings. The second kappa shape index (κ2) is 8.43. The van der Waals surface area contributed by atoms with Gasteiger partial charge in [-0.25, -0.2) is 8.42 Å². The molecule has 1 heterocycles. The van der Waals surface area contributed by atoms with Gasteiger partial charge < -0.3 is 10.2 Å². The maximum atomic E-state index is 12.5. The number of piperidine rings is 1. The number of carbonyl (C=O) groups is 2. The first-order valence-corrected chi connectivity index (χ1v) is 10.9. The van der Waals surface area contributed by atoms with Crippen LogP contribution in [0.2, 0.25) is 0 Å². The second-order valence-electron chi connectivity index (χ2n) is 6.86. The highest BCUT2D eigenvalue weighted by Gasteiger charge is 2.24. The lowest BCUT2D eigenvalue weighted by Crippen LogP contribution is -2.46. The molecule has 2 aromatic carbocycles. The lowest BCUT2D eigenvalue weighted by Gasteiger charge is -2.32. The summed E-state index contributed by atoms with van der Waals surface area (Å²) in [5, 5.41) is 2.99. The number of nitrogens with zero attached hydrogens (tertiary/aromatic N) is 1. The third-order valence-electron chi connectivity index (χ3n) is 4.59. The van der Waals surface area contributed by atoms with Crippen molar-refractivity contribution in [3.8, 4) is 0 Å². The van der Waals surface area contributed by atoms with Crippen LogP contribution in [-0.4, -0.2) is 50.5 Å². The fraction of sp³-hybridized carbons (Fsp3) is 0.300. The van der Waals surface area contributed by atoms with Gasteiger partial charge in [0.1, 0.15) is 0 Å². The Labute approximate surface area is 164 Å². The second-order valence-corrected chi connectivity index (χ2v) is 8.61. The van der Waals surface area contributed by atoms with E-state index in [4.69, 9.17) is 0 Å². The summed E-state index contributed by atoms with van der Waals surface area (Å²) < 4.78 is 24.8. The number of hydrogen-bond donors (Lipinski definition) is 2. The van der Waals surface area contributed by atoms with Gasteiger partial charge in [0.15, 0.2) is 0 Å². The largest absolute Gasteiger partial charge is 0.349 e. The molecule has 1 aliphatic heterocycles. The SMILES string of the molecule is CS(=O)(=O)Nc1ccc(C(=O)NC2CCN(C(=O)c3ccccc3)CC2)cc1. The van der Waals surface area contributed by atoms with E-state index in [9.17, 15) is 18.0 Å². The monoisotopic (exact) mass is 401 g/mol. The minimum atomic E-state index is -3.35. The Morgan fingerprint density at radius 3 is 2.11 bits per heavy atom. The molecule has 1 aliphatic rings. The molecule has 8 heteroatoms. The maximum absolute atomic E-state index is 12.5. The van der Waals surface area contributed by atoms with E-state index in [-0.39, 0.29) is 17.9 Å². The molecular formula is C20H23N3O4S. The van der Waals surface area contributed by atoms with Gasteiger partial charge in [0, 0.05) is 35.9 Å². The predicted octanol–water partition coefficient (Wildman–Crippen LogP) is 2.09. The van der Waals surface area contributed by atoms with Crippen molar-refractivity contribution in [1.82, 2.24) is 10.2 Å². The van der Waals surface area contributed by atoms with Crippen LogP contribution in [0, 0.1) is 0 Å². The van der Waals surface area contributed by atoms with Gasteiger partial charge in [-0.15, -0.1) is 0 Å². The number of hydrogen-bond acceptors (Lipinski definition) is 4. The number of nitrogens with one attached hydrogen (secondary N) is 2. The molecule has 2 N–H and O–H groups in total. The zero-order valence-corrected chi connectivity index (χ0v) is 16.4. The van der Waals surface area contributed by atoms with Crippen molar-refractivity contribution < 1.29 is 18.0 Å². The van der Waals surface area contributed by atoms with Crippen LogP contribution in [0.3, 0.4) is 0 Å². The number of benzene rings is 2. The van der Waals surface area contributed by atoms with Gasteiger partial charge in [-0.1, -0.05) is 18.2 Å². The molecular weight excluding hydrogens is 378 g/mol. The van der Waals surface area contributed by atoms with Crippen LogP contribution in [0.25, 0.3) is 0 Å². The first-order valence-electron chi connectivity index (χ1n) is 9.05. The average Bonchev–Trinajstić information content (AvgIpc) is 2.68. The number of amides is 2. The van der Waals surface area contributed by atoms with Crippen LogP contribution in [0.1, 0.15) is 33.6 Å². The van der Waals surface area contributed by atoms with Crippen molar-refractivity contribution in [1.29, 1.82) is 0 Å².